The molecule has 1 atom stereocenters. The van der Waals surface area contributed by atoms with Gasteiger partial charge in [-0.2, -0.15) is 4.31 Å². The molecule has 0 radical (unpaired) electrons. The van der Waals surface area contributed by atoms with Gasteiger partial charge in [-0.05, 0) is 30.7 Å². The van der Waals surface area contributed by atoms with E-state index in [1.165, 1.54) is 16.4 Å². The van der Waals surface area contributed by atoms with Gasteiger partial charge in [0.05, 0.1) is 10.8 Å². The lowest BCUT2D eigenvalue weighted by atomic mass is 10.1. The highest BCUT2D eigenvalue weighted by Crippen LogP contribution is 2.25. The van der Waals surface area contributed by atoms with Crippen LogP contribution in [0.15, 0.2) is 33.6 Å². The Morgan fingerprint density at radius 1 is 1.33 bits per heavy atom. The number of sulfonamides is 1. The van der Waals surface area contributed by atoms with Gasteiger partial charge in [0.15, 0.2) is 0 Å². The van der Waals surface area contributed by atoms with Crippen LogP contribution in [0, 0.1) is 5.92 Å². The van der Waals surface area contributed by atoms with Gasteiger partial charge in [0.2, 0.25) is 10.0 Å². The Labute approximate surface area is 114 Å². The molecular weight excluding hydrogens is 322 g/mol. The molecule has 1 aliphatic rings. The zero-order chi connectivity index (χ0) is 13.3. The average Bonchev–Trinajstić information content (AvgIpc) is 2.79. The SMILES string of the molecule is O=C(O)[C@@H]1CCN(S(=O)(=O)c2ccc(Br)cc2)C1. The third-order valence-electron chi connectivity index (χ3n) is 2.95. The van der Waals surface area contributed by atoms with Gasteiger partial charge < -0.3 is 5.11 Å². The standard InChI is InChI=1S/C11H12BrNO4S/c12-9-1-3-10(4-2-9)18(16,17)13-6-5-8(7-13)11(14)15/h1-4,8H,5-7H2,(H,14,15)/t8-/m1/s1. The molecule has 0 aromatic heterocycles. The zero-order valence-electron chi connectivity index (χ0n) is 9.41. The molecular formula is C11H12BrNO4S. The fourth-order valence-electron chi connectivity index (χ4n) is 1.90. The number of nitrogens with zero attached hydrogens (tertiary/aromatic N) is 1. The second-order valence-electron chi connectivity index (χ2n) is 4.14. The summed E-state index contributed by atoms with van der Waals surface area (Å²) in [5.74, 6) is -1.54. The zero-order valence-corrected chi connectivity index (χ0v) is 11.8. The molecule has 0 amide bonds. The number of carboxylic acid groups (broad SMARTS) is 1. The monoisotopic (exact) mass is 333 g/mol. The summed E-state index contributed by atoms with van der Waals surface area (Å²) in [6.45, 7) is 0.309. The number of carboxylic acids is 1. The topological polar surface area (TPSA) is 74.7 Å². The minimum atomic E-state index is -3.57. The lowest BCUT2D eigenvalue weighted by molar-refractivity contribution is -0.141. The molecule has 1 N–H and O–H groups in total. The third kappa shape index (κ3) is 2.57. The molecule has 1 aromatic carbocycles. The van der Waals surface area contributed by atoms with Crippen LogP contribution >= 0.6 is 15.9 Å². The Morgan fingerprint density at radius 3 is 2.44 bits per heavy atom. The van der Waals surface area contributed by atoms with E-state index in [1.54, 1.807) is 12.1 Å². The van der Waals surface area contributed by atoms with Crippen molar-refractivity contribution in [3.63, 3.8) is 0 Å². The summed E-state index contributed by atoms with van der Waals surface area (Å²) in [7, 11) is -3.57. The van der Waals surface area contributed by atoms with Crippen molar-refractivity contribution >= 4 is 31.9 Å². The normalized spacial score (nSPS) is 21.1. The average molecular weight is 334 g/mol. The highest BCUT2D eigenvalue weighted by Gasteiger charge is 2.35. The molecule has 0 bridgehead atoms. The number of carbonyl (C=O) groups is 1. The first kappa shape index (κ1) is 13.5. The highest BCUT2D eigenvalue weighted by atomic mass is 79.9. The van der Waals surface area contributed by atoms with Gasteiger partial charge in [-0.15, -0.1) is 0 Å². The first-order chi connectivity index (χ1) is 8.41. The third-order valence-corrected chi connectivity index (χ3v) is 5.36. The van der Waals surface area contributed by atoms with E-state index in [2.05, 4.69) is 15.9 Å². The van der Waals surface area contributed by atoms with Gasteiger partial charge in [0.25, 0.3) is 0 Å². The highest BCUT2D eigenvalue weighted by molar-refractivity contribution is 9.10. The largest absolute Gasteiger partial charge is 0.481 e. The Morgan fingerprint density at radius 2 is 1.94 bits per heavy atom. The summed E-state index contributed by atoms with van der Waals surface area (Å²) < 4.78 is 26.5. The summed E-state index contributed by atoms with van der Waals surface area (Å²) >= 11 is 3.24. The van der Waals surface area contributed by atoms with Gasteiger partial charge >= 0.3 is 5.97 Å². The minimum Gasteiger partial charge on any atom is -0.481 e. The predicted octanol–water partition coefficient (Wildman–Crippen LogP) is 1.54. The van der Waals surface area contributed by atoms with E-state index in [1.807, 2.05) is 0 Å². The summed E-state index contributed by atoms with van der Waals surface area (Å²) in [6.07, 6.45) is 0.366. The number of halogens is 1. The fraction of sp³-hybridized carbons (Fsp3) is 0.364. The molecule has 98 valence electrons. The molecule has 1 aromatic rings. The van der Waals surface area contributed by atoms with Crippen LogP contribution in [0.5, 0.6) is 0 Å². The van der Waals surface area contributed by atoms with Crippen molar-refractivity contribution in [2.45, 2.75) is 11.3 Å². The predicted molar refractivity (Wildman–Crippen MR) is 68.6 cm³/mol. The van der Waals surface area contributed by atoms with Crippen LogP contribution in [-0.2, 0) is 14.8 Å². The molecule has 7 heteroatoms. The van der Waals surface area contributed by atoms with E-state index in [-0.39, 0.29) is 18.0 Å². The van der Waals surface area contributed by atoms with Crippen molar-refractivity contribution in [1.82, 2.24) is 4.31 Å². The van der Waals surface area contributed by atoms with Crippen LogP contribution in [0.4, 0.5) is 0 Å². The van der Waals surface area contributed by atoms with Gasteiger partial charge in [-0.1, -0.05) is 15.9 Å². The van der Waals surface area contributed by atoms with E-state index in [9.17, 15) is 13.2 Å². The van der Waals surface area contributed by atoms with Crippen LogP contribution < -0.4 is 0 Å². The Bertz CT molecular complexity index is 555. The van der Waals surface area contributed by atoms with E-state index in [0.717, 1.165) is 4.47 Å². The van der Waals surface area contributed by atoms with E-state index in [4.69, 9.17) is 5.11 Å². The van der Waals surface area contributed by atoms with Crippen LogP contribution in [-0.4, -0.2) is 36.9 Å². The number of rotatable bonds is 3. The van der Waals surface area contributed by atoms with Crippen LogP contribution in [0.1, 0.15) is 6.42 Å². The lowest BCUT2D eigenvalue weighted by Crippen LogP contribution is -2.30. The van der Waals surface area contributed by atoms with Crippen molar-refractivity contribution in [2.75, 3.05) is 13.1 Å². The van der Waals surface area contributed by atoms with Crippen molar-refractivity contribution < 1.29 is 18.3 Å². The smallest absolute Gasteiger partial charge is 0.307 e. The Hall–Kier alpha value is -0.920. The second kappa shape index (κ2) is 4.99. The van der Waals surface area contributed by atoms with E-state index in [0.29, 0.717) is 6.42 Å². The van der Waals surface area contributed by atoms with Crippen molar-refractivity contribution in [3.05, 3.63) is 28.7 Å². The number of aliphatic carboxylic acids is 1. The molecule has 2 rings (SSSR count). The minimum absolute atomic E-state index is 0.0493. The Balaban J connectivity index is 2.22. The molecule has 0 unspecified atom stereocenters. The first-order valence-electron chi connectivity index (χ1n) is 5.40. The lowest BCUT2D eigenvalue weighted by Gasteiger charge is -2.15. The first-order valence-corrected chi connectivity index (χ1v) is 7.63. The van der Waals surface area contributed by atoms with Gasteiger partial charge in [0, 0.05) is 17.6 Å². The van der Waals surface area contributed by atoms with Gasteiger partial charge in [0.1, 0.15) is 0 Å². The molecule has 1 heterocycles. The summed E-state index contributed by atoms with van der Waals surface area (Å²) in [4.78, 5) is 11.0. The van der Waals surface area contributed by atoms with Crippen molar-refractivity contribution in [2.24, 2.45) is 5.92 Å². The molecule has 1 saturated heterocycles. The maximum absolute atomic E-state index is 12.2. The van der Waals surface area contributed by atoms with Gasteiger partial charge in [-0.25, -0.2) is 8.42 Å². The molecule has 1 fully saturated rings. The van der Waals surface area contributed by atoms with Crippen molar-refractivity contribution in [3.8, 4) is 0 Å². The van der Waals surface area contributed by atoms with E-state index < -0.39 is 21.9 Å². The maximum Gasteiger partial charge on any atom is 0.307 e. The van der Waals surface area contributed by atoms with Gasteiger partial charge in [-0.3, -0.25) is 4.79 Å². The van der Waals surface area contributed by atoms with Crippen LogP contribution in [0.3, 0.4) is 0 Å². The molecule has 18 heavy (non-hydrogen) atoms. The van der Waals surface area contributed by atoms with E-state index >= 15 is 0 Å². The molecule has 0 saturated carbocycles. The van der Waals surface area contributed by atoms with Crippen LogP contribution in [0.25, 0.3) is 0 Å². The molecule has 0 spiro atoms. The number of hydrogen-bond donors (Lipinski definition) is 1. The summed E-state index contributed by atoms with van der Waals surface area (Å²) in [6, 6.07) is 6.32. The summed E-state index contributed by atoms with van der Waals surface area (Å²) in [5, 5.41) is 8.88. The Kier molecular flexibility index (Phi) is 3.74. The van der Waals surface area contributed by atoms with Crippen molar-refractivity contribution in [1.29, 1.82) is 0 Å². The molecule has 5 nitrogen and oxygen atoms in total. The summed E-state index contributed by atoms with van der Waals surface area (Å²) in [5.41, 5.74) is 0. The molecule has 0 aliphatic carbocycles. The molecule has 1 aliphatic heterocycles. The quantitative estimate of drug-likeness (QED) is 0.910. The fourth-order valence-corrected chi connectivity index (χ4v) is 3.67. The number of benzene rings is 1. The maximum atomic E-state index is 12.2. The number of hydrogen-bond acceptors (Lipinski definition) is 3. The van der Waals surface area contributed by atoms with Crippen LogP contribution in [0.2, 0.25) is 0 Å². The second-order valence-corrected chi connectivity index (χ2v) is 6.99.